The van der Waals surface area contributed by atoms with Gasteiger partial charge in [0.15, 0.2) is 5.75 Å². The predicted octanol–water partition coefficient (Wildman–Crippen LogP) is 6.46. The molecule has 0 radical (unpaired) electrons. The number of carbonyl (C=O) groups is 1. The average molecular weight is 462 g/mol. The maximum Gasteiger partial charge on any atom is 0.254 e. The first-order chi connectivity index (χ1) is 11.6. The summed E-state index contributed by atoms with van der Waals surface area (Å²) in [5.74, 6) is -0.440. The molecule has 0 aliphatic rings. The van der Waals surface area contributed by atoms with Crippen molar-refractivity contribution in [3.63, 3.8) is 0 Å². The topological polar surface area (TPSA) is 38.3 Å². The van der Waals surface area contributed by atoms with Crippen LogP contribution in [-0.2, 0) is 0 Å². The molecule has 0 aliphatic heterocycles. The zero-order valence-corrected chi connectivity index (χ0v) is 17.2. The molecule has 1 atom stereocenters. The van der Waals surface area contributed by atoms with E-state index >= 15 is 0 Å². The highest BCUT2D eigenvalue weighted by Crippen LogP contribution is 2.39. The highest BCUT2D eigenvalue weighted by atomic mass is 35.6. The number of nitrogens with one attached hydrogen (secondary N) is 1. The van der Waals surface area contributed by atoms with Crippen LogP contribution in [-0.4, -0.2) is 15.9 Å². The lowest BCUT2D eigenvalue weighted by Crippen LogP contribution is -2.48. The second-order valence-electron chi connectivity index (χ2n) is 5.03. The van der Waals surface area contributed by atoms with Gasteiger partial charge in [0.25, 0.3) is 5.91 Å². The number of rotatable bonds is 4. The van der Waals surface area contributed by atoms with Gasteiger partial charge in [0.1, 0.15) is 0 Å². The fraction of sp³-hybridized carbons (Fsp3) is 0.188. The average Bonchev–Trinajstić information content (AvgIpc) is 2.48. The quantitative estimate of drug-likeness (QED) is 0.419. The van der Waals surface area contributed by atoms with E-state index in [1.54, 1.807) is 25.1 Å². The van der Waals surface area contributed by atoms with E-state index in [0.717, 1.165) is 5.56 Å². The van der Waals surface area contributed by atoms with E-state index in [2.05, 4.69) is 5.32 Å². The first-order valence-corrected chi connectivity index (χ1v) is 9.11. The molecule has 2 aromatic carbocycles. The van der Waals surface area contributed by atoms with Gasteiger partial charge >= 0.3 is 0 Å². The summed E-state index contributed by atoms with van der Waals surface area (Å²) in [4.78, 5) is 12.5. The van der Waals surface area contributed by atoms with E-state index in [0.29, 0.717) is 10.6 Å². The second-order valence-corrected chi connectivity index (χ2v) is 8.65. The normalized spacial score (nSPS) is 12.6. The Kier molecular flexibility index (Phi) is 7.00. The third-order valence-corrected chi connectivity index (χ3v) is 4.52. The first-order valence-electron chi connectivity index (χ1n) is 6.84. The van der Waals surface area contributed by atoms with E-state index < -0.39 is 15.9 Å². The van der Waals surface area contributed by atoms with E-state index in [9.17, 15) is 4.79 Å². The Morgan fingerprint density at radius 2 is 1.64 bits per heavy atom. The smallest absolute Gasteiger partial charge is 0.254 e. The van der Waals surface area contributed by atoms with Crippen LogP contribution in [0.15, 0.2) is 36.4 Å². The molecular formula is C16H11Cl6NO2. The lowest BCUT2D eigenvalue weighted by Gasteiger charge is -2.27. The molecule has 0 fully saturated rings. The summed E-state index contributed by atoms with van der Waals surface area (Å²) in [6.07, 6.45) is -1.35. The number of hydrogen-bond acceptors (Lipinski definition) is 2. The summed E-state index contributed by atoms with van der Waals surface area (Å²) >= 11 is 35.8. The molecule has 1 amide bonds. The molecule has 0 unspecified atom stereocenters. The first kappa shape index (κ1) is 20.8. The van der Waals surface area contributed by atoms with Crippen molar-refractivity contribution in [1.29, 1.82) is 0 Å². The van der Waals surface area contributed by atoms with Crippen LogP contribution in [0.3, 0.4) is 0 Å². The Balaban J connectivity index is 2.30. The van der Waals surface area contributed by atoms with Crippen LogP contribution >= 0.6 is 69.6 Å². The van der Waals surface area contributed by atoms with Crippen molar-refractivity contribution >= 4 is 75.5 Å². The monoisotopic (exact) mass is 459 g/mol. The molecule has 0 saturated carbocycles. The maximum absolute atomic E-state index is 12.5. The number of hydrogen-bond donors (Lipinski definition) is 1. The molecular weight excluding hydrogens is 451 g/mol. The molecule has 1 N–H and O–H groups in total. The van der Waals surface area contributed by atoms with Crippen molar-refractivity contribution in [3.05, 3.63) is 62.6 Å². The predicted molar refractivity (Wildman–Crippen MR) is 105 cm³/mol. The van der Waals surface area contributed by atoms with Gasteiger partial charge in [0.05, 0.1) is 10.0 Å². The fourth-order valence-corrected chi connectivity index (χ4v) is 3.17. The Labute approximate surface area is 175 Å². The van der Waals surface area contributed by atoms with Gasteiger partial charge in [-0.15, -0.1) is 0 Å². The number of alkyl halides is 3. The molecule has 0 aromatic heterocycles. The lowest BCUT2D eigenvalue weighted by molar-refractivity contribution is 0.0832. The second kappa shape index (κ2) is 8.43. The summed E-state index contributed by atoms with van der Waals surface area (Å²) < 4.78 is 3.60. The van der Waals surface area contributed by atoms with E-state index in [-0.39, 0.29) is 15.8 Å². The van der Waals surface area contributed by atoms with Crippen LogP contribution < -0.4 is 10.1 Å². The van der Waals surface area contributed by atoms with Gasteiger partial charge in [-0.3, -0.25) is 4.79 Å². The number of amides is 1. The minimum Gasteiger partial charge on any atom is -0.463 e. The number of ether oxygens (including phenoxy) is 1. The molecule has 25 heavy (non-hydrogen) atoms. The van der Waals surface area contributed by atoms with Gasteiger partial charge in [0.2, 0.25) is 10.0 Å². The largest absolute Gasteiger partial charge is 0.463 e. The Hall–Kier alpha value is -0.550. The zero-order chi connectivity index (χ0) is 18.8. The van der Waals surface area contributed by atoms with Crippen molar-refractivity contribution in [2.75, 3.05) is 0 Å². The molecule has 0 spiro atoms. The Bertz CT molecular complexity index is 767. The molecule has 3 nitrogen and oxygen atoms in total. The van der Waals surface area contributed by atoms with Gasteiger partial charge in [-0.05, 0) is 30.7 Å². The standard InChI is InChI=1S/C16H11Cl6NO2/c1-8-4-2-3-5-10(8)14(24)23-15(16(20,21)22)25-13-11(18)6-9(17)7-12(13)19/h2-7,15H,1H3,(H,23,24)/t15-/m1/s1. The maximum atomic E-state index is 12.5. The third kappa shape index (κ3) is 5.46. The van der Waals surface area contributed by atoms with E-state index in [1.165, 1.54) is 12.1 Å². The minimum atomic E-state index is -1.98. The highest BCUT2D eigenvalue weighted by molar-refractivity contribution is 6.68. The summed E-state index contributed by atoms with van der Waals surface area (Å²) in [6.45, 7) is 1.78. The molecule has 9 heteroatoms. The van der Waals surface area contributed by atoms with Crippen LogP contribution in [0.25, 0.3) is 0 Å². The van der Waals surface area contributed by atoms with Crippen molar-refractivity contribution in [2.24, 2.45) is 0 Å². The van der Waals surface area contributed by atoms with E-state index in [1.807, 2.05) is 6.07 Å². The molecule has 0 aliphatic carbocycles. The summed E-state index contributed by atoms with van der Waals surface area (Å²) in [5.41, 5.74) is 1.17. The molecule has 0 saturated heterocycles. The fourth-order valence-electron chi connectivity index (χ4n) is 1.96. The van der Waals surface area contributed by atoms with Crippen molar-refractivity contribution in [1.82, 2.24) is 5.32 Å². The number of aryl methyl sites for hydroxylation is 1. The van der Waals surface area contributed by atoms with Gasteiger partial charge in [0, 0.05) is 10.6 Å². The van der Waals surface area contributed by atoms with Crippen molar-refractivity contribution in [2.45, 2.75) is 16.9 Å². The van der Waals surface area contributed by atoms with Crippen molar-refractivity contribution < 1.29 is 9.53 Å². The number of benzene rings is 2. The van der Waals surface area contributed by atoms with Gasteiger partial charge in [-0.25, -0.2) is 0 Å². The third-order valence-electron chi connectivity index (χ3n) is 3.15. The zero-order valence-electron chi connectivity index (χ0n) is 12.6. The molecule has 2 rings (SSSR count). The van der Waals surface area contributed by atoms with Gasteiger partial charge in [-0.2, -0.15) is 0 Å². The van der Waals surface area contributed by atoms with Crippen LogP contribution in [0.4, 0.5) is 0 Å². The molecule has 0 bridgehead atoms. The Morgan fingerprint density at radius 1 is 1.08 bits per heavy atom. The minimum absolute atomic E-state index is 0.0362. The van der Waals surface area contributed by atoms with Crippen LogP contribution in [0, 0.1) is 6.92 Å². The molecule has 2 aromatic rings. The SMILES string of the molecule is Cc1ccccc1C(=O)N[C@H](Oc1c(Cl)cc(Cl)cc1Cl)C(Cl)(Cl)Cl. The van der Waals surface area contributed by atoms with Gasteiger partial charge in [-0.1, -0.05) is 87.8 Å². The van der Waals surface area contributed by atoms with E-state index in [4.69, 9.17) is 74.3 Å². The van der Waals surface area contributed by atoms with Crippen molar-refractivity contribution in [3.8, 4) is 5.75 Å². The summed E-state index contributed by atoms with van der Waals surface area (Å²) in [5, 5.41) is 3.07. The molecule has 0 heterocycles. The van der Waals surface area contributed by atoms with Crippen LogP contribution in [0.2, 0.25) is 15.1 Å². The summed E-state index contributed by atoms with van der Waals surface area (Å²) in [7, 11) is 0. The highest BCUT2D eigenvalue weighted by Gasteiger charge is 2.37. The Morgan fingerprint density at radius 3 is 2.16 bits per heavy atom. The lowest BCUT2D eigenvalue weighted by atomic mass is 10.1. The summed E-state index contributed by atoms with van der Waals surface area (Å²) in [6, 6.07) is 9.80. The number of halogens is 6. The van der Waals surface area contributed by atoms with Gasteiger partial charge < -0.3 is 10.1 Å². The van der Waals surface area contributed by atoms with Crippen LogP contribution in [0.5, 0.6) is 5.75 Å². The van der Waals surface area contributed by atoms with Crippen LogP contribution in [0.1, 0.15) is 15.9 Å². The molecule has 134 valence electrons. The number of carbonyl (C=O) groups excluding carboxylic acids is 1.